The van der Waals surface area contributed by atoms with E-state index in [1.807, 2.05) is 55.5 Å². The van der Waals surface area contributed by atoms with Crippen molar-refractivity contribution >= 4 is 28.5 Å². The van der Waals surface area contributed by atoms with Crippen molar-refractivity contribution in [3.05, 3.63) is 94.8 Å². The highest BCUT2D eigenvalue weighted by atomic mass is 35.5. The highest BCUT2D eigenvalue weighted by Gasteiger charge is 2.18. The molecule has 4 aromatic rings. The van der Waals surface area contributed by atoms with Gasteiger partial charge in [-0.2, -0.15) is 0 Å². The monoisotopic (exact) mass is 475 g/mol. The lowest BCUT2D eigenvalue weighted by atomic mass is 10.1. The highest BCUT2D eigenvalue weighted by Crippen LogP contribution is 2.22. The first-order valence-corrected chi connectivity index (χ1v) is 12.1. The van der Waals surface area contributed by atoms with E-state index < -0.39 is 0 Å². The van der Waals surface area contributed by atoms with Crippen LogP contribution >= 0.6 is 11.6 Å². The zero-order valence-corrected chi connectivity index (χ0v) is 20.4. The quantitative estimate of drug-likeness (QED) is 0.275. The first kappa shape index (κ1) is 23.8. The molecule has 176 valence electrons. The van der Waals surface area contributed by atoms with Crippen LogP contribution in [0.5, 0.6) is 5.75 Å². The van der Waals surface area contributed by atoms with Crippen molar-refractivity contribution in [3.63, 3.8) is 0 Å². The van der Waals surface area contributed by atoms with Gasteiger partial charge in [-0.15, -0.1) is 0 Å². The minimum absolute atomic E-state index is 0.0416. The molecule has 0 saturated carbocycles. The van der Waals surface area contributed by atoms with Gasteiger partial charge in [0, 0.05) is 11.6 Å². The fourth-order valence-electron chi connectivity index (χ4n) is 4.08. The number of rotatable bonds is 10. The second-order valence-corrected chi connectivity index (χ2v) is 8.96. The summed E-state index contributed by atoms with van der Waals surface area (Å²) in [4.78, 5) is 17.5. The Balaban J connectivity index is 1.39. The minimum atomic E-state index is -0.213. The van der Waals surface area contributed by atoms with Gasteiger partial charge in [-0.25, -0.2) is 4.98 Å². The Morgan fingerprint density at radius 2 is 1.76 bits per heavy atom. The predicted octanol–water partition coefficient (Wildman–Crippen LogP) is 6.28. The van der Waals surface area contributed by atoms with Crippen molar-refractivity contribution in [1.82, 2.24) is 14.9 Å². The van der Waals surface area contributed by atoms with Gasteiger partial charge in [0.15, 0.2) is 0 Å². The van der Waals surface area contributed by atoms with E-state index in [-0.39, 0.29) is 11.9 Å². The minimum Gasteiger partial charge on any atom is -0.493 e. The largest absolute Gasteiger partial charge is 0.493 e. The molecule has 5 nitrogen and oxygen atoms in total. The number of nitrogens with zero attached hydrogens (tertiary/aromatic N) is 2. The summed E-state index contributed by atoms with van der Waals surface area (Å²) in [5.41, 5.74) is 4.09. The molecular formula is C28H30ClN3O2. The topological polar surface area (TPSA) is 56.1 Å². The number of nitrogens with one attached hydrogen (secondary N) is 1. The molecule has 0 fully saturated rings. The molecule has 1 aromatic heterocycles. The first-order valence-electron chi connectivity index (χ1n) is 11.7. The number of aromatic nitrogens is 2. The van der Waals surface area contributed by atoms with Gasteiger partial charge < -0.3 is 14.6 Å². The number of halogens is 1. The van der Waals surface area contributed by atoms with Gasteiger partial charge in [0.25, 0.3) is 0 Å². The van der Waals surface area contributed by atoms with Gasteiger partial charge in [-0.05, 0) is 68.1 Å². The van der Waals surface area contributed by atoms with E-state index in [0.717, 1.165) is 53.1 Å². The SMILES string of the molecule is Cc1ccccc1OCCCCn1c(C(C)NC(=O)Cc2ccc(Cl)cc2)nc2ccccc21. The maximum Gasteiger partial charge on any atom is 0.224 e. The molecule has 34 heavy (non-hydrogen) atoms. The Labute approximate surface area is 205 Å². The van der Waals surface area contributed by atoms with Crippen LogP contribution in [0.3, 0.4) is 0 Å². The number of benzene rings is 3. The zero-order chi connectivity index (χ0) is 23.9. The smallest absolute Gasteiger partial charge is 0.224 e. The van der Waals surface area contributed by atoms with E-state index in [2.05, 4.69) is 28.9 Å². The van der Waals surface area contributed by atoms with Gasteiger partial charge in [0.1, 0.15) is 11.6 Å². The van der Waals surface area contributed by atoms with Crippen LogP contribution in [-0.2, 0) is 17.8 Å². The van der Waals surface area contributed by atoms with E-state index in [4.69, 9.17) is 21.3 Å². The number of fused-ring (bicyclic) bond motifs is 1. The van der Waals surface area contributed by atoms with Gasteiger partial charge >= 0.3 is 0 Å². The number of carbonyl (C=O) groups is 1. The van der Waals surface area contributed by atoms with Crippen molar-refractivity contribution in [2.75, 3.05) is 6.61 Å². The Kier molecular flexibility index (Phi) is 7.86. The molecule has 0 aliphatic rings. The van der Waals surface area contributed by atoms with E-state index in [1.54, 1.807) is 12.1 Å². The summed E-state index contributed by atoms with van der Waals surface area (Å²) in [7, 11) is 0. The Morgan fingerprint density at radius 1 is 1.03 bits per heavy atom. The molecule has 0 spiro atoms. The summed E-state index contributed by atoms with van der Waals surface area (Å²) < 4.78 is 8.17. The van der Waals surface area contributed by atoms with Crippen LogP contribution in [-0.4, -0.2) is 22.1 Å². The normalized spacial score (nSPS) is 12.0. The number of aryl methyl sites for hydroxylation is 2. The Morgan fingerprint density at radius 3 is 2.56 bits per heavy atom. The fraction of sp³-hybridized carbons (Fsp3) is 0.286. The molecule has 1 unspecified atom stereocenters. The number of unbranched alkanes of at least 4 members (excludes halogenated alkanes) is 1. The number of hydrogen-bond acceptors (Lipinski definition) is 3. The van der Waals surface area contributed by atoms with E-state index in [9.17, 15) is 4.79 Å². The average molecular weight is 476 g/mol. The van der Waals surface area contributed by atoms with Crippen molar-refractivity contribution in [2.24, 2.45) is 0 Å². The predicted molar refractivity (Wildman–Crippen MR) is 137 cm³/mol. The Bertz CT molecular complexity index is 1250. The lowest BCUT2D eigenvalue weighted by Crippen LogP contribution is -2.30. The lowest BCUT2D eigenvalue weighted by Gasteiger charge is -2.17. The van der Waals surface area contributed by atoms with E-state index >= 15 is 0 Å². The van der Waals surface area contributed by atoms with Crippen LogP contribution < -0.4 is 10.1 Å². The molecule has 0 saturated heterocycles. The highest BCUT2D eigenvalue weighted by molar-refractivity contribution is 6.30. The lowest BCUT2D eigenvalue weighted by molar-refractivity contribution is -0.121. The van der Waals surface area contributed by atoms with Gasteiger partial charge in [-0.1, -0.05) is 54.1 Å². The summed E-state index contributed by atoms with van der Waals surface area (Å²) in [6.45, 7) is 5.52. The third-order valence-electron chi connectivity index (χ3n) is 5.85. The molecule has 0 aliphatic carbocycles. The second kappa shape index (κ2) is 11.2. The summed E-state index contributed by atoms with van der Waals surface area (Å²) in [6.07, 6.45) is 2.18. The summed E-state index contributed by atoms with van der Waals surface area (Å²) in [6, 6.07) is 23.3. The molecule has 3 aromatic carbocycles. The molecule has 1 amide bonds. The van der Waals surface area contributed by atoms with Crippen LogP contribution in [0.15, 0.2) is 72.8 Å². The van der Waals surface area contributed by atoms with Gasteiger partial charge in [0.05, 0.1) is 30.1 Å². The number of para-hydroxylation sites is 3. The third kappa shape index (κ3) is 5.97. The molecule has 6 heteroatoms. The summed E-state index contributed by atoms with van der Waals surface area (Å²) in [5.74, 6) is 1.76. The van der Waals surface area contributed by atoms with Crippen molar-refractivity contribution in [2.45, 2.75) is 45.7 Å². The van der Waals surface area contributed by atoms with Crippen molar-refractivity contribution < 1.29 is 9.53 Å². The summed E-state index contributed by atoms with van der Waals surface area (Å²) in [5, 5.41) is 3.77. The van der Waals surface area contributed by atoms with Crippen LogP contribution in [0.25, 0.3) is 11.0 Å². The number of carbonyl (C=O) groups excluding carboxylic acids is 1. The third-order valence-corrected chi connectivity index (χ3v) is 6.11. The number of imidazole rings is 1. The maximum absolute atomic E-state index is 12.7. The van der Waals surface area contributed by atoms with E-state index in [1.165, 1.54) is 0 Å². The molecule has 1 heterocycles. The van der Waals surface area contributed by atoms with Gasteiger partial charge in [-0.3, -0.25) is 4.79 Å². The van der Waals surface area contributed by atoms with Crippen LogP contribution in [0.2, 0.25) is 5.02 Å². The molecule has 1 atom stereocenters. The second-order valence-electron chi connectivity index (χ2n) is 8.52. The van der Waals surface area contributed by atoms with Crippen LogP contribution in [0.1, 0.15) is 42.8 Å². The zero-order valence-electron chi connectivity index (χ0n) is 19.6. The fourth-order valence-corrected chi connectivity index (χ4v) is 4.20. The molecule has 1 N–H and O–H groups in total. The number of amides is 1. The van der Waals surface area contributed by atoms with Crippen molar-refractivity contribution in [3.8, 4) is 5.75 Å². The molecule has 4 rings (SSSR count). The molecule has 0 bridgehead atoms. The van der Waals surface area contributed by atoms with Gasteiger partial charge in [0.2, 0.25) is 5.91 Å². The van der Waals surface area contributed by atoms with Crippen molar-refractivity contribution in [1.29, 1.82) is 0 Å². The average Bonchev–Trinajstić information content (AvgIpc) is 3.20. The van der Waals surface area contributed by atoms with E-state index in [0.29, 0.717) is 18.1 Å². The van der Waals surface area contributed by atoms with Crippen LogP contribution in [0, 0.1) is 6.92 Å². The molecule has 0 aliphatic heterocycles. The molecular weight excluding hydrogens is 446 g/mol. The standard InChI is InChI=1S/C28H30ClN3O2/c1-20-9-3-6-12-26(20)34-18-8-7-17-32-25-11-5-4-10-24(25)31-28(32)21(2)30-27(33)19-22-13-15-23(29)16-14-22/h3-6,9-16,21H,7-8,17-19H2,1-2H3,(H,30,33). The molecule has 0 radical (unpaired) electrons. The summed E-state index contributed by atoms with van der Waals surface area (Å²) >= 11 is 5.95. The Hall–Kier alpha value is -3.31. The maximum atomic E-state index is 12.7. The number of ether oxygens (including phenoxy) is 1. The van der Waals surface area contributed by atoms with Crippen LogP contribution in [0.4, 0.5) is 0 Å². The number of hydrogen-bond donors (Lipinski definition) is 1. The first-order chi connectivity index (χ1) is 16.5.